The van der Waals surface area contributed by atoms with Crippen LogP contribution in [-0.4, -0.2) is 29.6 Å². The van der Waals surface area contributed by atoms with Gasteiger partial charge >= 0.3 is 5.97 Å². The van der Waals surface area contributed by atoms with E-state index in [4.69, 9.17) is 10.8 Å². The highest BCUT2D eigenvalue weighted by molar-refractivity contribution is 5.81. The lowest BCUT2D eigenvalue weighted by atomic mass is 9.94. The second-order valence-electron chi connectivity index (χ2n) is 4.85. The summed E-state index contributed by atoms with van der Waals surface area (Å²) in [5, 5.41) is 11.5. The van der Waals surface area contributed by atoms with Gasteiger partial charge in [-0.2, -0.15) is 0 Å². The van der Waals surface area contributed by atoms with E-state index < -0.39 is 12.0 Å². The van der Waals surface area contributed by atoms with Gasteiger partial charge in [-0.3, -0.25) is 9.59 Å². The van der Waals surface area contributed by atoms with Crippen molar-refractivity contribution >= 4 is 11.9 Å². The van der Waals surface area contributed by atoms with Crippen LogP contribution >= 0.6 is 0 Å². The van der Waals surface area contributed by atoms with Gasteiger partial charge in [0.15, 0.2) is 0 Å². The van der Waals surface area contributed by atoms with Gasteiger partial charge in [-0.1, -0.05) is 20.8 Å². The Labute approximate surface area is 103 Å². The van der Waals surface area contributed by atoms with Crippen LogP contribution in [0.1, 0.15) is 40.0 Å². The van der Waals surface area contributed by atoms with Gasteiger partial charge in [-0.05, 0) is 24.7 Å². The van der Waals surface area contributed by atoms with Crippen molar-refractivity contribution in [1.82, 2.24) is 5.32 Å². The Morgan fingerprint density at radius 1 is 1.35 bits per heavy atom. The van der Waals surface area contributed by atoms with Crippen molar-refractivity contribution in [3.63, 3.8) is 0 Å². The summed E-state index contributed by atoms with van der Waals surface area (Å²) in [6.45, 7) is 6.30. The van der Waals surface area contributed by atoms with Crippen LogP contribution in [0.15, 0.2) is 0 Å². The number of hydrogen-bond donors (Lipinski definition) is 3. The SMILES string of the molecule is CC[C@H](N)C(=O)NC[C@H](CC(=O)O)CC(C)C. The first kappa shape index (κ1) is 15.9. The van der Waals surface area contributed by atoms with Crippen LogP contribution in [0.25, 0.3) is 0 Å². The van der Waals surface area contributed by atoms with E-state index in [-0.39, 0.29) is 18.2 Å². The lowest BCUT2D eigenvalue weighted by Gasteiger charge is -2.19. The predicted octanol–water partition coefficient (Wildman–Crippen LogP) is 0.977. The number of carbonyl (C=O) groups is 2. The van der Waals surface area contributed by atoms with Crippen molar-refractivity contribution in [2.75, 3.05) is 6.54 Å². The van der Waals surface area contributed by atoms with Crippen LogP contribution < -0.4 is 11.1 Å². The number of aliphatic carboxylic acids is 1. The molecule has 0 radical (unpaired) electrons. The van der Waals surface area contributed by atoms with Gasteiger partial charge in [-0.15, -0.1) is 0 Å². The molecule has 100 valence electrons. The fraction of sp³-hybridized carbons (Fsp3) is 0.833. The highest BCUT2D eigenvalue weighted by Gasteiger charge is 2.17. The highest BCUT2D eigenvalue weighted by Crippen LogP contribution is 2.14. The number of carbonyl (C=O) groups excluding carboxylic acids is 1. The Morgan fingerprint density at radius 3 is 2.35 bits per heavy atom. The molecule has 0 fully saturated rings. The molecule has 0 saturated heterocycles. The molecule has 0 saturated carbocycles. The van der Waals surface area contributed by atoms with E-state index in [1.54, 1.807) is 0 Å². The van der Waals surface area contributed by atoms with Gasteiger partial charge in [0.25, 0.3) is 0 Å². The van der Waals surface area contributed by atoms with E-state index in [0.717, 1.165) is 6.42 Å². The first-order valence-corrected chi connectivity index (χ1v) is 6.11. The van der Waals surface area contributed by atoms with Crippen LogP contribution in [-0.2, 0) is 9.59 Å². The third-order valence-corrected chi connectivity index (χ3v) is 2.61. The van der Waals surface area contributed by atoms with Gasteiger partial charge in [0.2, 0.25) is 5.91 Å². The maximum atomic E-state index is 11.5. The summed E-state index contributed by atoms with van der Waals surface area (Å²) < 4.78 is 0. The van der Waals surface area contributed by atoms with E-state index in [2.05, 4.69) is 5.32 Å². The summed E-state index contributed by atoms with van der Waals surface area (Å²) in [4.78, 5) is 22.2. The standard InChI is InChI=1S/C12H24N2O3/c1-4-10(13)12(17)14-7-9(5-8(2)3)6-11(15)16/h8-10H,4-7,13H2,1-3H3,(H,14,17)(H,15,16)/t9-,10-/m0/s1. The van der Waals surface area contributed by atoms with Crippen LogP contribution in [0.3, 0.4) is 0 Å². The molecule has 0 bridgehead atoms. The topological polar surface area (TPSA) is 92.4 Å². The number of carboxylic acid groups (broad SMARTS) is 1. The van der Waals surface area contributed by atoms with E-state index in [9.17, 15) is 9.59 Å². The molecule has 5 nitrogen and oxygen atoms in total. The fourth-order valence-electron chi connectivity index (χ4n) is 1.71. The van der Waals surface area contributed by atoms with Crippen molar-refractivity contribution < 1.29 is 14.7 Å². The van der Waals surface area contributed by atoms with Crippen LogP contribution in [0, 0.1) is 11.8 Å². The van der Waals surface area contributed by atoms with Crippen LogP contribution in [0.4, 0.5) is 0 Å². The Hall–Kier alpha value is -1.10. The molecule has 0 heterocycles. The van der Waals surface area contributed by atoms with E-state index in [1.165, 1.54) is 0 Å². The van der Waals surface area contributed by atoms with Gasteiger partial charge in [0.05, 0.1) is 6.04 Å². The molecule has 0 unspecified atom stereocenters. The molecule has 1 amide bonds. The highest BCUT2D eigenvalue weighted by atomic mass is 16.4. The van der Waals surface area contributed by atoms with Crippen molar-refractivity contribution in [2.24, 2.45) is 17.6 Å². The summed E-state index contributed by atoms with van der Waals surface area (Å²) in [5.41, 5.74) is 5.58. The predicted molar refractivity (Wildman–Crippen MR) is 66.5 cm³/mol. The number of nitrogens with one attached hydrogen (secondary N) is 1. The second-order valence-corrected chi connectivity index (χ2v) is 4.85. The van der Waals surface area contributed by atoms with Crippen LogP contribution in [0.5, 0.6) is 0 Å². The normalized spacial score (nSPS) is 14.4. The Bertz CT molecular complexity index is 254. The summed E-state index contributed by atoms with van der Waals surface area (Å²) >= 11 is 0. The maximum absolute atomic E-state index is 11.5. The monoisotopic (exact) mass is 244 g/mol. The first-order valence-electron chi connectivity index (χ1n) is 6.11. The average molecular weight is 244 g/mol. The molecule has 0 aromatic carbocycles. The number of rotatable bonds is 8. The lowest BCUT2D eigenvalue weighted by Crippen LogP contribution is -2.42. The molecule has 0 aromatic heterocycles. The Kier molecular flexibility index (Phi) is 7.54. The molecule has 4 N–H and O–H groups in total. The Balaban J connectivity index is 4.15. The van der Waals surface area contributed by atoms with Crippen molar-refractivity contribution in [3.05, 3.63) is 0 Å². The third-order valence-electron chi connectivity index (χ3n) is 2.61. The number of nitrogens with two attached hydrogens (primary N) is 1. The van der Waals surface area contributed by atoms with Gasteiger partial charge in [0, 0.05) is 13.0 Å². The summed E-state index contributed by atoms with van der Waals surface area (Å²) in [6.07, 6.45) is 1.45. The largest absolute Gasteiger partial charge is 0.481 e. The summed E-state index contributed by atoms with van der Waals surface area (Å²) in [5.74, 6) is -0.645. The lowest BCUT2D eigenvalue weighted by molar-refractivity contribution is -0.138. The molecule has 0 aliphatic carbocycles. The zero-order valence-electron chi connectivity index (χ0n) is 10.9. The molecule has 0 aromatic rings. The minimum Gasteiger partial charge on any atom is -0.481 e. The summed E-state index contributed by atoms with van der Waals surface area (Å²) in [7, 11) is 0. The quantitative estimate of drug-likeness (QED) is 0.593. The Morgan fingerprint density at radius 2 is 1.94 bits per heavy atom. The van der Waals surface area contributed by atoms with Crippen molar-refractivity contribution in [1.29, 1.82) is 0 Å². The second kappa shape index (κ2) is 8.06. The zero-order valence-corrected chi connectivity index (χ0v) is 10.9. The minimum absolute atomic E-state index is 0.0273. The zero-order chi connectivity index (χ0) is 13.4. The minimum atomic E-state index is -0.829. The van der Waals surface area contributed by atoms with E-state index >= 15 is 0 Å². The third kappa shape index (κ3) is 7.74. The van der Waals surface area contributed by atoms with E-state index in [0.29, 0.717) is 18.9 Å². The summed E-state index contributed by atoms with van der Waals surface area (Å²) in [6, 6.07) is -0.500. The van der Waals surface area contributed by atoms with Gasteiger partial charge < -0.3 is 16.2 Å². The van der Waals surface area contributed by atoms with Crippen LogP contribution in [0.2, 0.25) is 0 Å². The molecule has 0 aliphatic rings. The van der Waals surface area contributed by atoms with Crippen molar-refractivity contribution in [3.8, 4) is 0 Å². The molecular formula is C12H24N2O3. The molecule has 2 atom stereocenters. The molecule has 17 heavy (non-hydrogen) atoms. The number of hydrogen-bond acceptors (Lipinski definition) is 3. The maximum Gasteiger partial charge on any atom is 0.303 e. The molecule has 0 spiro atoms. The fourth-order valence-corrected chi connectivity index (χ4v) is 1.71. The molecular weight excluding hydrogens is 220 g/mol. The van der Waals surface area contributed by atoms with E-state index in [1.807, 2.05) is 20.8 Å². The van der Waals surface area contributed by atoms with Gasteiger partial charge in [0.1, 0.15) is 0 Å². The molecule has 5 heteroatoms. The average Bonchev–Trinajstić information content (AvgIpc) is 2.22. The first-order chi connectivity index (χ1) is 7.86. The number of amides is 1. The smallest absolute Gasteiger partial charge is 0.303 e. The molecule has 0 aliphatic heterocycles. The van der Waals surface area contributed by atoms with Gasteiger partial charge in [-0.25, -0.2) is 0 Å². The number of carboxylic acids is 1. The molecule has 0 rings (SSSR count). The van der Waals surface area contributed by atoms with Crippen molar-refractivity contribution in [2.45, 2.75) is 46.1 Å².